The molecule has 3 heteroatoms. The summed E-state index contributed by atoms with van der Waals surface area (Å²) in [5, 5.41) is 11.9. The number of halogens is 1. The molecule has 11 heavy (non-hydrogen) atoms. The first-order valence-corrected chi connectivity index (χ1v) is 4.27. The largest absolute Gasteiger partial charge is 0.395 e. The van der Waals surface area contributed by atoms with Crippen LogP contribution in [0.15, 0.2) is 0 Å². The molecule has 0 atom stereocenters. The summed E-state index contributed by atoms with van der Waals surface area (Å²) in [4.78, 5) is 0. The molecule has 2 nitrogen and oxygen atoms in total. The van der Waals surface area contributed by atoms with Crippen LogP contribution >= 0.6 is 12.4 Å². The quantitative estimate of drug-likeness (QED) is 0.685. The van der Waals surface area contributed by atoms with Crippen molar-refractivity contribution in [2.75, 3.05) is 13.2 Å². The summed E-state index contributed by atoms with van der Waals surface area (Å²) in [6.07, 6.45) is 6.74. The van der Waals surface area contributed by atoms with Crippen LogP contribution in [0.5, 0.6) is 0 Å². The van der Waals surface area contributed by atoms with E-state index in [1.807, 2.05) is 0 Å². The lowest BCUT2D eigenvalue weighted by molar-refractivity contribution is 0.271. The van der Waals surface area contributed by atoms with E-state index < -0.39 is 0 Å². The molecule has 68 valence electrons. The summed E-state index contributed by atoms with van der Waals surface area (Å²) in [6.45, 7) is 1.04. The topological polar surface area (TPSA) is 32.3 Å². The normalized spacial score (nSPS) is 19.4. The summed E-state index contributed by atoms with van der Waals surface area (Å²) >= 11 is 0. The van der Waals surface area contributed by atoms with Gasteiger partial charge in [-0.1, -0.05) is 19.3 Å². The number of hydrogen-bond acceptors (Lipinski definition) is 2. The maximum atomic E-state index is 8.53. The smallest absolute Gasteiger partial charge is 0.0556 e. The van der Waals surface area contributed by atoms with E-state index in [9.17, 15) is 0 Å². The van der Waals surface area contributed by atoms with Gasteiger partial charge in [0.25, 0.3) is 0 Å². The van der Waals surface area contributed by atoms with Crippen LogP contribution < -0.4 is 5.32 Å². The van der Waals surface area contributed by atoms with Crippen molar-refractivity contribution in [3.63, 3.8) is 0 Å². The van der Waals surface area contributed by atoms with E-state index >= 15 is 0 Å². The van der Waals surface area contributed by atoms with Crippen LogP contribution in [0.2, 0.25) is 0 Å². The Hall–Kier alpha value is 0.210. The van der Waals surface area contributed by atoms with E-state index in [4.69, 9.17) is 5.11 Å². The highest BCUT2D eigenvalue weighted by Gasteiger charge is 2.10. The minimum atomic E-state index is 0. The summed E-state index contributed by atoms with van der Waals surface area (Å²) in [7, 11) is 0. The molecule has 1 aliphatic rings. The number of hydrogen-bond donors (Lipinski definition) is 2. The molecule has 0 radical (unpaired) electrons. The molecule has 0 bridgehead atoms. The second-order valence-corrected chi connectivity index (χ2v) is 3.01. The Morgan fingerprint density at radius 3 is 2.36 bits per heavy atom. The number of aliphatic hydroxyl groups excluding tert-OH is 1. The molecule has 0 amide bonds. The van der Waals surface area contributed by atoms with Crippen LogP contribution in [0, 0.1) is 0 Å². The van der Waals surface area contributed by atoms with Crippen LogP contribution in [0.1, 0.15) is 32.1 Å². The Labute approximate surface area is 74.8 Å². The minimum absolute atomic E-state index is 0. The molecule has 0 aromatic carbocycles. The number of rotatable bonds is 3. The molecular weight excluding hydrogens is 162 g/mol. The zero-order valence-electron chi connectivity index (χ0n) is 6.88. The number of nitrogens with one attached hydrogen (secondary N) is 1. The first-order valence-electron chi connectivity index (χ1n) is 4.27. The zero-order chi connectivity index (χ0) is 7.23. The predicted octanol–water partition coefficient (Wildman–Crippen LogP) is 1.32. The fraction of sp³-hybridized carbons (Fsp3) is 1.00. The molecule has 0 aromatic heterocycles. The molecule has 1 saturated carbocycles. The van der Waals surface area contributed by atoms with Gasteiger partial charge in [0.05, 0.1) is 6.61 Å². The third-order valence-corrected chi connectivity index (χ3v) is 2.15. The molecule has 0 aromatic rings. The highest BCUT2D eigenvalue weighted by molar-refractivity contribution is 5.85. The van der Waals surface area contributed by atoms with Crippen molar-refractivity contribution in [1.29, 1.82) is 0 Å². The van der Waals surface area contributed by atoms with Crippen molar-refractivity contribution >= 4 is 12.4 Å². The van der Waals surface area contributed by atoms with E-state index in [1.54, 1.807) is 0 Å². The van der Waals surface area contributed by atoms with Crippen molar-refractivity contribution in [2.24, 2.45) is 0 Å². The Morgan fingerprint density at radius 1 is 1.18 bits per heavy atom. The van der Waals surface area contributed by atoms with Crippen molar-refractivity contribution in [3.05, 3.63) is 0 Å². The average Bonchev–Trinajstić information content (AvgIpc) is 2.03. The van der Waals surface area contributed by atoms with Gasteiger partial charge in [-0.3, -0.25) is 0 Å². The summed E-state index contributed by atoms with van der Waals surface area (Å²) in [5.74, 6) is 0. The van der Waals surface area contributed by atoms with Gasteiger partial charge in [0.2, 0.25) is 0 Å². The first-order chi connectivity index (χ1) is 4.93. The fourth-order valence-corrected chi connectivity index (χ4v) is 1.58. The predicted molar refractivity (Wildman–Crippen MR) is 49.2 cm³/mol. The van der Waals surface area contributed by atoms with Gasteiger partial charge >= 0.3 is 0 Å². The van der Waals surface area contributed by atoms with Crippen LogP contribution in [-0.4, -0.2) is 24.3 Å². The van der Waals surface area contributed by atoms with Crippen LogP contribution in [0.25, 0.3) is 0 Å². The van der Waals surface area contributed by atoms with Crippen LogP contribution in [0.4, 0.5) is 0 Å². The van der Waals surface area contributed by atoms with Gasteiger partial charge in [-0.2, -0.15) is 0 Å². The van der Waals surface area contributed by atoms with Crippen LogP contribution in [0.3, 0.4) is 0 Å². The Balaban J connectivity index is 0.000001000. The van der Waals surface area contributed by atoms with Crippen molar-refractivity contribution in [1.82, 2.24) is 5.32 Å². The monoisotopic (exact) mass is 179 g/mol. The van der Waals surface area contributed by atoms with Gasteiger partial charge < -0.3 is 10.4 Å². The maximum absolute atomic E-state index is 8.53. The Morgan fingerprint density at radius 2 is 1.82 bits per heavy atom. The van der Waals surface area contributed by atoms with Crippen molar-refractivity contribution in [3.8, 4) is 0 Å². The zero-order valence-corrected chi connectivity index (χ0v) is 7.70. The fourth-order valence-electron chi connectivity index (χ4n) is 1.58. The van der Waals surface area contributed by atoms with E-state index in [2.05, 4.69) is 5.32 Å². The van der Waals surface area contributed by atoms with Gasteiger partial charge in [-0.05, 0) is 12.8 Å². The summed E-state index contributed by atoms with van der Waals surface area (Å²) < 4.78 is 0. The van der Waals surface area contributed by atoms with E-state index in [1.165, 1.54) is 32.1 Å². The SMILES string of the molecule is Cl.OCCNC1CCCCC1. The standard InChI is InChI=1S/C8H17NO.ClH/c10-7-6-9-8-4-2-1-3-5-8;/h8-10H,1-7H2;1H. The van der Waals surface area contributed by atoms with E-state index in [-0.39, 0.29) is 19.0 Å². The Bertz CT molecular complexity index is 84.2. The average molecular weight is 180 g/mol. The molecule has 0 unspecified atom stereocenters. The highest BCUT2D eigenvalue weighted by atomic mass is 35.5. The third kappa shape index (κ3) is 4.62. The molecule has 2 N–H and O–H groups in total. The maximum Gasteiger partial charge on any atom is 0.0556 e. The second-order valence-electron chi connectivity index (χ2n) is 3.01. The summed E-state index contributed by atoms with van der Waals surface area (Å²) in [5.41, 5.74) is 0. The molecule has 1 fully saturated rings. The molecule has 1 aliphatic carbocycles. The second kappa shape index (κ2) is 6.89. The first kappa shape index (κ1) is 11.2. The van der Waals surface area contributed by atoms with Crippen LogP contribution in [-0.2, 0) is 0 Å². The van der Waals surface area contributed by atoms with E-state index in [0.29, 0.717) is 6.04 Å². The lowest BCUT2D eigenvalue weighted by Crippen LogP contribution is -2.32. The van der Waals surface area contributed by atoms with Gasteiger partial charge in [-0.25, -0.2) is 0 Å². The van der Waals surface area contributed by atoms with Gasteiger partial charge in [0, 0.05) is 12.6 Å². The van der Waals surface area contributed by atoms with E-state index in [0.717, 1.165) is 6.54 Å². The lowest BCUT2D eigenvalue weighted by Gasteiger charge is -2.22. The van der Waals surface area contributed by atoms with Gasteiger partial charge in [-0.15, -0.1) is 12.4 Å². The Kier molecular flexibility index (Phi) is 7.02. The van der Waals surface area contributed by atoms with Crippen molar-refractivity contribution in [2.45, 2.75) is 38.1 Å². The molecule has 0 aliphatic heterocycles. The lowest BCUT2D eigenvalue weighted by atomic mass is 9.96. The van der Waals surface area contributed by atoms with Crippen molar-refractivity contribution < 1.29 is 5.11 Å². The summed E-state index contributed by atoms with van der Waals surface area (Å²) in [6, 6.07) is 0.695. The molecular formula is C8H18ClNO. The molecule has 0 saturated heterocycles. The molecule has 1 rings (SSSR count). The minimum Gasteiger partial charge on any atom is -0.395 e. The van der Waals surface area contributed by atoms with Gasteiger partial charge in [0.1, 0.15) is 0 Å². The molecule has 0 spiro atoms. The number of aliphatic hydroxyl groups is 1. The highest BCUT2D eigenvalue weighted by Crippen LogP contribution is 2.16. The van der Waals surface area contributed by atoms with Gasteiger partial charge in [0.15, 0.2) is 0 Å². The third-order valence-electron chi connectivity index (χ3n) is 2.15. The molecule has 0 heterocycles.